The van der Waals surface area contributed by atoms with Crippen molar-refractivity contribution in [2.24, 2.45) is 0 Å². The van der Waals surface area contributed by atoms with Crippen molar-refractivity contribution in [1.82, 2.24) is 0 Å². The maximum absolute atomic E-state index is 14.1. The first-order chi connectivity index (χ1) is 17.1. The highest BCUT2D eigenvalue weighted by Gasteiger charge is 2.49. The Bertz CT molecular complexity index is 1320. The molecule has 6 nitrogen and oxygen atoms in total. The van der Waals surface area contributed by atoms with E-state index in [1.807, 2.05) is 66.7 Å². The van der Waals surface area contributed by atoms with Crippen LogP contribution >= 0.6 is 0 Å². The number of carbonyl (C=O) groups is 1. The molecule has 1 aliphatic heterocycles. The second kappa shape index (κ2) is 9.43. The zero-order valence-corrected chi connectivity index (χ0v) is 18.9. The minimum absolute atomic E-state index is 0.0656. The van der Waals surface area contributed by atoms with Crippen LogP contribution < -0.4 is 9.47 Å². The average Bonchev–Trinajstić information content (AvgIpc) is 2.89. The number of aryl methyl sites for hydroxylation is 1. The van der Waals surface area contributed by atoms with E-state index in [0.717, 1.165) is 24.0 Å². The van der Waals surface area contributed by atoms with Gasteiger partial charge in [0.15, 0.2) is 0 Å². The first-order valence-electron chi connectivity index (χ1n) is 11.5. The molecule has 0 aromatic heterocycles. The highest BCUT2D eigenvalue weighted by atomic mass is 16.6. The van der Waals surface area contributed by atoms with Gasteiger partial charge in [-0.2, -0.15) is 0 Å². The average molecular weight is 466 g/mol. The Balaban J connectivity index is 1.56. The molecule has 0 spiro atoms. The highest BCUT2D eigenvalue weighted by molar-refractivity contribution is 5.92. The van der Waals surface area contributed by atoms with Crippen molar-refractivity contribution >= 4 is 11.7 Å². The van der Waals surface area contributed by atoms with Crippen LogP contribution in [-0.4, -0.2) is 10.9 Å². The number of rotatable bonds is 7. The minimum Gasteiger partial charge on any atom is -0.457 e. The molecule has 174 valence electrons. The molecule has 0 radical (unpaired) electrons. The fourth-order valence-electron chi connectivity index (χ4n) is 4.70. The topological polar surface area (TPSA) is 78.7 Å². The lowest BCUT2D eigenvalue weighted by atomic mass is 9.69. The number of nitro groups is 1. The Morgan fingerprint density at radius 3 is 1.97 bits per heavy atom. The molecule has 5 rings (SSSR count). The number of para-hydroxylation sites is 2. The number of hydrogen-bond donors (Lipinski definition) is 0. The number of nitro benzene ring substituents is 1. The van der Waals surface area contributed by atoms with Gasteiger partial charge in [0, 0.05) is 23.3 Å². The Kier molecular flexibility index (Phi) is 6.02. The monoisotopic (exact) mass is 465 g/mol. The van der Waals surface area contributed by atoms with Gasteiger partial charge < -0.3 is 9.47 Å². The molecule has 35 heavy (non-hydrogen) atoms. The Labute approximate surface area is 202 Å². The van der Waals surface area contributed by atoms with Crippen molar-refractivity contribution in [1.29, 1.82) is 0 Å². The Morgan fingerprint density at radius 2 is 1.37 bits per heavy atom. The molecule has 0 amide bonds. The molecule has 0 saturated heterocycles. The van der Waals surface area contributed by atoms with Gasteiger partial charge in [-0.15, -0.1) is 0 Å². The van der Waals surface area contributed by atoms with Gasteiger partial charge in [-0.05, 0) is 49.1 Å². The molecule has 0 aliphatic carbocycles. The SMILES string of the molecule is O=C(Oc1ccc([N+](=O)[O-])cc1)C1(CCCc2ccccc2)c2ccccc2Oc2ccccc21. The molecule has 0 unspecified atom stereocenters. The van der Waals surface area contributed by atoms with Gasteiger partial charge in [-0.25, -0.2) is 0 Å². The molecule has 0 saturated carbocycles. The molecule has 1 aliphatic rings. The third kappa shape index (κ3) is 4.26. The van der Waals surface area contributed by atoms with Crippen LogP contribution in [0.4, 0.5) is 5.69 Å². The quantitative estimate of drug-likeness (QED) is 0.133. The number of ether oxygens (including phenoxy) is 2. The third-order valence-corrected chi connectivity index (χ3v) is 6.38. The summed E-state index contributed by atoms with van der Waals surface area (Å²) in [5.41, 5.74) is 1.53. The van der Waals surface area contributed by atoms with Crippen molar-refractivity contribution in [2.45, 2.75) is 24.7 Å². The summed E-state index contributed by atoms with van der Waals surface area (Å²) in [6.45, 7) is 0. The van der Waals surface area contributed by atoms with Gasteiger partial charge in [0.25, 0.3) is 5.69 Å². The summed E-state index contributed by atoms with van der Waals surface area (Å²) in [6, 6.07) is 30.8. The molecule has 4 aromatic rings. The standard InChI is InChI=1S/C29H23NO5/c31-28(34-23-18-16-22(17-19-23)30(32)33)29(20-8-11-21-9-2-1-3-10-21)24-12-4-6-14-26(24)35-27-15-7-5-13-25(27)29/h1-7,9-10,12-19H,8,11,20H2. The van der Waals surface area contributed by atoms with E-state index in [1.54, 1.807) is 0 Å². The molecule has 0 bridgehead atoms. The predicted molar refractivity (Wildman–Crippen MR) is 132 cm³/mol. The van der Waals surface area contributed by atoms with Crippen LogP contribution in [0.3, 0.4) is 0 Å². The van der Waals surface area contributed by atoms with E-state index >= 15 is 0 Å². The summed E-state index contributed by atoms with van der Waals surface area (Å²) < 4.78 is 12.0. The van der Waals surface area contributed by atoms with Crippen LogP contribution in [0.15, 0.2) is 103 Å². The van der Waals surface area contributed by atoms with Crippen molar-refractivity contribution in [2.75, 3.05) is 0 Å². The molecule has 1 heterocycles. The highest BCUT2D eigenvalue weighted by Crippen LogP contribution is 2.51. The number of hydrogen-bond acceptors (Lipinski definition) is 5. The van der Waals surface area contributed by atoms with Crippen LogP contribution in [-0.2, 0) is 16.6 Å². The fourth-order valence-corrected chi connectivity index (χ4v) is 4.70. The number of benzene rings is 4. The van der Waals surface area contributed by atoms with Crippen LogP contribution in [0, 0.1) is 10.1 Å². The van der Waals surface area contributed by atoms with Crippen molar-refractivity contribution in [3.05, 3.63) is 130 Å². The zero-order valence-electron chi connectivity index (χ0n) is 18.9. The van der Waals surface area contributed by atoms with Gasteiger partial charge >= 0.3 is 5.97 Å². The Morgan fingerprint density at radius 1 is 0.800 bits per heavy atom. The first-order valence-corrected chi connectivity index (χ1v) is 11.5. The van der Waals surface area contributed by atoms with Gasteiger partial charge in [-0.3, -0.25) is 14.9 Å². The second-order valence-electron chi connectivity index (χ2n) is 8.48. The van der Waals surface area contributed by atoms with E-state index in [-0.39, 0.29) is 11.4 Å². The molecule has 4 aromatic carbocycles. The lowest BCUT2D eigenvalue weighted by Gasteiger charge is -2.38. The van der Waals surface area contributed by atoms with Gasteiger partial charge in [0.1, 0.15) is 22.7 Å². The van der Waals surface area contributed by atoms with E-state index in [0.29, 0.717) is 17.9 Å². The molecule has 0 N–H and O–H groups in total. The first kappa shape index (κ1) is 22.3. The maximum atomic E-state index is 14.1. The summed E-state index contributed by atoms with van der Waals surface area (Å²) in [5.74, 6) is 1.05. The van der Waals surface area contributed by atoms with Gasteiger partial charge in [0.05, 0.1) is 4.92 Å². The third-order valence-electron chi connectivity index (χ3n) is 6.38. The van der Waals surface area contributed by atoms with Crippen molar-refractivity contribution < 1.29 is 19.2 Å². The largest absolute Gasteiger partial charge is 0.457 e. The summed E-state index contributed by atoms with van der Waals surface area (Å²) in [6.07, 6.45) is 2.05. The van der Waals surface area contributed by atoms with Gasteiger partial charge in [0.2, 0.25) is 0 Å². The minimum atomic E-state index is -1.10. The zero-order chi connectivity index (χ0) is 24.3. The lowest BCUT2D eigenvalue weighted by molar-refractivity contribution is -0.384. The summed E-state index contributed by atoms with van der Waals surface area (Å²) in [4.78, 5) is 24.6. The molecule has 0 fully saturated rings. The van der Waals surface area contributed by atoms with Crippen LogP contribution in [0.1, 0.15) is 29.5 Å². The smallest absolute Gasteiger partial charge is 0.326 e. The molecule has 0 atom stereocenters. The van der Waals surface area contributed by atoms with Crippen LogP contribution in [0.5, 0.6) is 17.2 Å². The van der Waals surface area contributed by atoms with Gasteiger partial charge in [-0.1, -0.05) is 66.7 Å². The number of non-ortho nitro benzene ring substituents is 1. The van der Waals surface area contributed by atoms with E-state index < -0.39 is 16.3 Å². The predicted octanol–water partition coefficient (Wildman–Crippen LogP) is 6.62. The van der Waals surface area contributed by atoms with Crippen molar-refractivity contribution in [3.8, 4) is 17.2 Å². The van der Waals surface area contributed by atoms with E-state index in [4.69, 9.17) is 9.47 Å². The molecular formula is C29H23NO5. The van der Waals surface area contributed by atoms with Crippen molar-refractivity contribution in [3.63, 3.8) is 0 Å². The fraction of sp³-hybridized carbons (Fsp3) is 0.138. The second-order valence-corrected chi connectivity index (χ2v) is 8.48. The Hall–Kier alpha value is -4.45. The number of fused-ring (bicyclic) bond motifs is 2. The number of carbonyl (C=O) groups excluding carboxylic acids is 1. The summed E-state index contributed by atoms with van der Waals surface area (Å²) in [5, 5.41) is 11.0. The normalized spacial score (nSPS) is 13.1. The van der Waals surface area contributed by atoms with E-state index in [2.05, 4.69) is 12.1 Å². The number of esters is 1. The van der Waals surface area contributed by atoms with Crippen LogP contribution in [0.2, 0.25) is 0 Å². The summed E-state index contributed by atoms with van der Waals surface area (Å²) in [7, 11) is 0. The maximum Gasteiger partial charge on any atom is 0.326 e. The molecule has 6 heteroatoms. The summed E-state index contributed by atoms with van der Waals surface area (Å²) >= 11 is 0. The number of nitrogens with zero attached hydrogens (tertiary/aromatic N) is 1. The molecular weight excluding hydrogens is 442 g/mol. The van der Waals surface area contributed by atoms with E-state index in [9.17, 15) is 14.9 Å². The lowest BCUT2D eigenvalue weighted by Crippen LogP contribution is -2.42. The van der Waals surface area contributed by atoms with Crippen LogP contribution in [0.25, 0.3) is 0 Å². The van der Waals surface area contributed by atoms with E-state index in [1.165, 1.54) is 29.8 Å².